The van der Waals surface area contributed by atoms with Crippen LogP contribution in [0.3, 0.4) is 0 Å². The van der Waals surface area contributed by atoms with E-state index in [2.05, 4.69) is 90.0 Å². The van der Waals surface area contributed by atoms with Gasteiger partial charge < -0.3 is 4.57 Å². The number of benzene rings is 3. The van der Waals surface area contributed by atoms with Crippen molar-refractivity contribution >= 4 is 23.2 Å². The van der Waals surface area contributed by atoms with Crippen molar-refractivity contribution in [3.63, 3.8) is 0 Å². The predicted molar refractivity (Wildman–Crippen MR) is 153 cm³/mol. The SMILES string of the molecule is CCCCN(Cc1ccc(Cl)c(Cl)c1)Cc1c(-c2ccccc2)nc(-c2ccccc2)n1CCCC. The Morgan fingerprint density at radius 2 is 1.42 bits per heavy atom. The van der Waals surface area contributed by atoms with E-state index in [9.17, 15) is 0 Å². The minimum Gasteiger partial charge on any atom is -0.326 e. The smallest absolute Gasteiger partial charge is 0.140 e. The lowest BCUT2D eigenvalue weighted by Crippen LogP contribution is -2.26. The average Bonchev–Trinajstić information content (AvgIpc) is 3.27. The van der Waals surface area contributed by atoms with E-state index in [1.807, 2.05) is 12.1 Å². The topological polar surface area (TPSA) is 21.1 Å². The lowest BCUT2D eigenvalue weighted by molar-refractivity contribution is 0.246. The van der Waals surface area contributed by atoms with Gasteiger partial charge in [0, 0.05) is 30.8 Å². The van der Waals surface area contributed by atoms with Crippen molar-refractivity contribution < 1.29 is 0 Å². The van der Waals surface area contributed by atoms with E-state index in [1.54, 1.807) is 0 Å². The van der Waals surface area contributed by atoms with Gasteiger partial charge in [0.25, 0.3) is 0 Å². The van der Waals surface area contributed by atoms with Gasteiger partial charge in [-0.05, 0) is 37.1 Å². The quantitative estimate of drug-likeness (QED) is 0.186. The number of aromatic nitrogens is 2. The summed E-state index contributed by atoms with van der Waals surface area (Å²) in [5.74, 6) is 1.04. The highest BCUT2D eigenvalue weighted by Crippen LogP contribution is 2.32. The fraction of sp³-hybridized carbons (Fsp3) is 0.323. The highest BCUT2D eigenvalue weighted by atomic mass is 35.5. The Morgan fingerprint density at radius 3 is 2.06 bits per heavy atom. The molecule has 0 unspecified atom stereocenters. The summed E-state index contributed by atoms with van der Waals surface area (Å²) >= 11 is 12.5. The maximum Gasteiger partial charge on any atom is 0.140 e. The van der Waals surface area contributed by atoms with Crippen LogP contribution in [0, 0.1) is 0 Å². The molecule has 0 amide bonds. The minimum atomic E-state index is 0.594. The molecule has 3 aromatic carbocycles. The first-order chi connectivity index (χ1) is 17.6. The summed E-state index contributed by atoms with van der Waals surface area (Å²) in [6.45, 7) is 8.06. The van der Waals surface area contributed by atoms with E-state index < -0.39 is 0 Å². The molecular weight excluding hydrogens is 485 g/mol. The molecule has 5 heteroatoms. The summed E-state index contributed by atoms with van der Waals surface area (Å²) in [7, 11) is 0. The van der Waals surface area contributed by atoms with Crippen LogP contribution >= 0.6 is 23.2 Å². The fourth-order valence-corrected chi connectivity index (χ4v) is 4.86. The lowest BCUT2D eigenvalue weighted by Gasteiger charge is -2.24. The van der Waals surface area contributed by atoms with Crippen molar-refractivity contribution in [2.75, 3.05) is 6.54 Å². The zero-order valence-electron chi connectivity index (χ0n) is 21.3. The molecule has 3 nitrogen and oxygen atoms in total. The molecule has 188 valence electrons. The molecule has 0 aliphatic carbocycles. The molecule has 36 heavy (non-hydrogen) atoms. The van der Waals surface area contributed by atoms with Crippen molar-refractivity contribution in [3.05, 3.63) is 100 Å². The van der Waals surface area contributed by atoms with Crippen LogP contribution in [0.25, 0.3) is 22.6 Å². The molecule has 0 bridgehead atoms. The number of unbranched alkanes of at least 4 members (excludes halogenated alkanes) is 2. The number of hydrogen-bond donors (Lipinski definition) is 0. The van der Waals surface area contributed by atoms with Gasteiger partial charge in [-0.15, -0.1) is 0 Å². The normalized spacial score (nSPS) is 11.4. The van der Waals surface area contributed by atoms with E-state index in [0.717, 1.165) is 74.5 Å². The van der Waals surface area contributed by atoms with E-state index in [4.69, 9.17) is 28.2 Å². The molecule has 0 fully saturated rings. The number of nitrogens with zero attached hydrogens (tertiary/aromatic N) is 3. The number of imidazole rings is 1. The van der Waals surface area contributed by atoms with Gasteiger partial charge in [0.1, 0.15) is 5.82 Å². The van der Waals surface area contributed by atoms with Crippen LogP contribution in [0.4, 0.5) is 0 Å². The van der Waals surface area contributed by atoms with Gasteiger partial charge in [-0.1, -0.05) is 117 Å². The maximum absolute atomic E-state index is 6.36. The Balaban J connectivity index is 1.79. The monoisotopic (exact) mass is 519 g/mol. The third-order valence-corrected chi connectivity index (χ3v) is 7.22. The first-order valence-electron chi connectivity index (χ1n) is 13.0. The van der Waals surface area contributed by atoms with Crippen molar-refractivity contribution in [2.45, 2.75) is 59.2 Å². The maximum atomic E-state index is 6.36. The van der Waals surface area contributed by atoms with Crippen molar-refractivity contribution in [3.8, 4) is 22.6 Å². The number of hydrogen-bond acceptors (Lipinski definition) is 2. The van der Waals surface area contributed by atoms with Crippen LogP contribution in [0.15, 0.2) is 78.9 Å². The van der Waals surface area contributed by atoms with Gasteiger partial charge >= 0.3 is 0 Å². The first-order valence-corrected chi connectivity index (χ1v) is 13.7. The predicted octanol–water partition coefficient (Wildman–Crippen LogP) is 9.13. The lowest BCUT2D eigenvalue weighted by atomic mass is 10.1. The Kier molecular flexibility index (Phi) is 9.63. The van der Waals surface area contributed by atoms with Crippen molar-refractivity contribution in [1.29, 1.82) is 0 Å². The van der Waals surface area contributed by atoms with Crippen LogP contribution in [-0.2, 0) is 19.6 Å². The molecule has 0 saturated heterocycles. The fourth-order valence-electron chi connectivity index (χ4n) is 4.54. The molecule has 4 aromatic rings. The molecule has 1 heterocycles. The van der Waals surface area contributed by atoms with Crippen LogP contribution in [0.5, 0.6) is 0 Å². The highest BCUT2D eigenvalue weighted by molar-refractivity contribution is 6.42. The zero-order chi connectivity index (χ0) is 25.3. The standard InChI is InChI=1S/C31H35Cl2N3/c1-3-5-19-35(22-24-17-18-27(32)28(33)21-24)23-29-30(25-13-9-7-10-14-25)34-31(36(29)20-6-4-2)26-15-11-8-12-16-26/h7-18,21H,3-6,19-20,22-23H2,1-2H3. The van der Waals surface area contributed by atoms with E-state index in [1.165, 1.54) is 11.3 Å². The molecule has 0 spiro atoms. The number of rotatable bonds is 12. The van der Waals surface area contributed by atoms with Crippen molar-refractivity contribution in [1.82, 2.24) is 14.5 Å². The van der Waals surface area contributed by atoms with Crippen LogP contribution in [0.2, 0.25) is 10.0 Å². The van der Waals surface area contributed by atoms with Gasteiger partial charge in [-0.25, -0.2) is 4.98 Å². The Morgan fingerprint density at radius 1 is 0.750 bits per heavy atom. The summed E-state index contributed by atoms with van der Waals surface area (Å²) in [6, 6.07) is 27.1. The largest absolute Gasteiger partial charge is 0.326 e. The zero-order valence-corrected chi connectivity index (χ0v) is 22.8. The average molecular weight is 521 g/mol. The first kappa shape index (κ1) is 26.5. The molecule has 0 radical (unpaired) electrons. The number of halogens is 2. The van der Waals surface area contributed by atoms with E-state index >= 15 is 0 Å². The molecule has 1 aromatic heterocycles. The van der Waals surface area contributed by atoms with Gasteiger partial charge in [-0.2, -0.15) is 0 Å². The van der Waals surface area contributed by atoms with E-state index in [0.29, 0.717) is 10.0 Å². The molecule has 0 aliphatic heterocycles. The van der Waals surface area contributed by atoms with E-state index in [-0.39, 0.29) is 0 Å². The summed E-state index contributed by atoms with van der Waals surface area (Å²) < 4.78 is 2.45. The van der Waals surface area contributed by atoms with Crippen LogP contribution in [0.1, 0.15) is 50.8 Å². The second-order valence-electron chi connectivity index (χ2n) is 9.28. The highest BCUT2D eigenvalue weighted by Gasteiger charge is 2.22. The van der Waals surface area contributed by atoms with Gasteiger partial charge in [0.05, 0.1) is 21.4 Å². The van der Waals surface area contributed by atoms with Crippen molar-refractivity contribution in [2.24, 2.45) is 0 Å². The summed E-state index contributed by atoms with van der Waals surface area (Å²) in [5, 5.41) is 1.20. The Bertz CT molecular complexity index is 1240. The molecule has 0 atom stereocenters. The van der Waals surface area contributed by atoms with Gasteiger partial charge in [0.2, 0.25) is 0 Å². The summed E-state index contributed by atoms with van der Waals surface area (Å²) in [4.78, 5) is 7.78. The van der Waals surface area contributed by atoms with Crippen LogP contribution in [-0.4, -0.2) is 21.0 Å². The van der Waals surface area contributed by atoms with Gasteiger partial charge in [-0.3, -0.25) is 4.90 Å². The molecule has 0 aliphatic rings. The van der Waals surface area contributed by atoms with Crippen LogP contribution < -0.4 is 0 Å². The third-order valence-electron chi connectivity index (χ3n) is 6.48. The molecule has 4 rings (SSSR count). The molecule has 0 N–H and O–H groups in total. The summed E-state index contributed by atoms with van der Waals surface area (Å²) in [5.41, 5.74) is 5.82. The Hall–Kier alpha value is -2.59. The second-order valence-corrected chi connectivity index (χ2v) is 10.1. The minimum absolute atomic E-state index is 0.594. The second kappa shape index (κ2) is 13.1. The van der Waals surface area contributed by atoms with Gasteiger partial charge in [0.15, 0.2) is 0 Å². The third kappa shape index (κ3) is 6.59. The Labute approximate surface area is 225 Å². The summed E-state index contributed by atoms with van der Waals surface area (Å²) in [6.07, 6.45) is 4.53. The molecule has 0 saturated carbocycles. The molecular formula is C31H35Cl2N3.